The number of hydrogen-bond donors (Lipinski definition) is 0. The molecule has 0 aliphatic heterocycles. The van der Waals surface area contributed by atoms with Crippen LogP contribution in [0.4, 0.5) is 4.39 Å². The summed E-state index contributed by atoms with van der Waals surface area (Å²) in [6.07, 6.45) is 9.39. The van der Waals surface area contributed by atoms with Crippen LogP contribution in [0.15, 0.2) is 216 Å². The van der Waals surface area contributed by atoms with Crippen molar-refractivity contribution >= 4 is 50.1 Å². The van der Waals surface area contributed by atoms with E-state index in [0.717, 1.165) is 71.3 Å². The van der Waals surface area contributed by atoms with Gasteiger partial charge in [0.25, 0.3) is 0 Å². The predicted molar refractivity (Wildman–Crippen MR) is 470 cm³/mol. The summed E-state index contributed by atoms with van der Waals surface area (Å²) in [5.41, 5.74) is 7.13. The van der Waals surface area contributed by atoms with Crippen molar-refractivity contribution in [3.05, 3.63) is 345 Å². The van der Waals surface area contributed by atoms with Gasteiger partial charge in [-0.2, -0.15) is 123 Å². The van der Waals surface area contributed by atoms with Crippen LogP contribution in [-0.2, 0) is 285 Å². The minimum atomic E-state index is -0.525. The zero-order valence-corrected chi connectivity index (χ0v) is 95.8. The number of ether oxygens (including phenoxy) is 6. The van der Waals surface area contributed by atoms with Crippen LogP contribution in [-0.4, -0.2) is 180 Å². The monoisotopic (exact) mass is 2530 g/mol. The fraction of sp³-hybridized carbons (Fsp3) is 0.185. The molecule has 0 fully saturated rings. The Hall–Kier alpha value is -10.1. The van der Waals surface area contributed by atoms with E-state index >= 15 is 0 Å². The van der Waals surface area contributed by atoms with Gasteiger partial charge >= 0.3 is 34.1 Å². The Morgan fingerprint density at radius 1 is 0.324 bits per heavy atom. The SMILES string of the molecule is CCc1cccc(-n2nnn(C)c2=O)c1COc1c[c-]cnn1.Cc1cccc(-n2nnn(C)c2=O)c1COc1c[c-]cnn1.Cn1nnn(-c2cccc(Br)c2COc2c[c-]cnn2)c1=O.Cn1nnn(-c2cccc(Cl)c2COc2c[c-]cnn2)c1=O.Cn1nnn(-c2cccc(F)c2COc2c[c-]cnn2)c1=O.Cn1nnn(-c2cccc(I)c2COc2c[c-]cnn2)c1=O.[Y].[Y].[Y].[Y].[Y].[Y]. The predicted octanol–water partition coefficient (Wildman–Crippen LogP) is 3.83. The molecule has 58 heteroatoms. The Bertz CT molecular complexity index is 6520. The Kier molecular flexibility index (Phi) is 48.1. The summed E-state index contributed by atoms with van der Waals surface area (Å²) in [5.74, 6) is 1.42. The molecule has 0 saturated heterocycles. The largest absolute Gasteiger partial charge is 0.556 e. The zero-order chi connectivity index (χ0) is 93.9. The van der Waals surface area contributed by atoms with Gasteiger partial charge in [-0.15, -0.1) is 0 Å². The maximum absolute atomic E-state index is 14.1. The van der Waals surface area contributed by atoms with Crippen molar-refractivity contribution in [1.29, 1.82) is 0 Å². The van der Waals surface area contributed by atoms with Gasteiger partial charge in [0.1, 0.15) is 5.82 Å². The van der Waals surface area contributed by atoms with E-state index in [1.807, 2.05) is 62.4 Å². The molecule has 0 saturated carbocycles. The number of tetrazole rings is 6. The Morgan fingerprint density at radius 3 is 0.899 bits per heavy atom. The number of aromatic nitrogens is 36. The number of halogens is 4. The van der Waals surface area contributed by atoms with E-state index in [4.69, 9.17) is 40.0 Å². The first-order chi connectivity index (χ1) is 64.5. The van der Waals surface area contributed by atoms with Crippen molar-refractivity contribution in [3.63, 3.8) is 0 Å². The van der Waals surface area contributed by atoms with Gasteiger partial charge in [0.05, 0.1) is 109 Å². The fourth-order valence-corrected chi connectivity index (χ4v) is 12.9. The minimum Gasteiger partial charge on any atom is -0.556 e. The van der Waals surface area contributed by atoms with Gasteiger partial charge in [-0.1, -0.05) is 83.0 Å². The van der Waals surface area contributed by atoms with Gasteiger partial charge in [-0.3, -0.25) is 0 Å². The number of benzene rings is 6. The number of hydrogen-bond acceptors (Lipinski definition) is 36. The molecule has 12 aromatic heterocycles. The average molecular weight is 2530 g/mol. The molecule has 0 spiro atoms. The maximum Gasteiger partial charge on any atom is 0.368 e. The van der Waals surface area contributed by atoms with Gasteiger partial charge < -0.3 is 28.4 Å². The van der Waals surface area contributed by atoms with Crippen molar-refractivity contribution in [1.82, 2.24) is 180 Å². The summed E-state index contributed by atoms with van der Waals surface area (Å²) in [6.45, 7) is 4.83. The molecule has 0 atom stereocenters. The van der Waals surface area contributed by atoms with E-state index in [1.54, 1.807) is 100 Å². The minimum absolute atomic E-state index is 0. The third kappa shape index (κ3) is 30.9. The van der Waals surface area contributed by atoms with E-state index in [0.29, 0.717) is 68.4 Å². The molecule has 0 amide bonds. The van der Waals surface area contributed by atoms with Crippen molar-refractivity contribution < 1.29 is 229 Å². The zero-order valence-electron chi connectivity index (χ0n) is 74.2. The Balaban J connectivity index is 0.000000225. The summed E-state index contributed by atoms with van der Waals surface area (Å²) in [4.78, 5) is 72.1. The first kappa shape index (κ1) is 116. The summed E-state index contributed by atoms with van der Waals surface area (Å²) in [6, 6.07) is 57.7. The molecule has 0 unspecified atom stereocenters. The molecule has 139 heavy (non-hydrogen) atoms. The molecule has 18 rings (SSSR count). The molecule has 6 aromatic carbocycles. The van der Waals surface area contributed by atoms with Crippen LogP contribution in [0.3, 0.4) is 0 Å². The van der Waals surface area contributed by atoms with Gasteiger partial charge in [0.2, 0.25) is 0 Å². The molecule has 18 aromatic rings. The Morgan fingerprint density at radius 2 is 0.576 bits per heavy atom. The molecular weight excluding hydrogens is 2460 g/mol. The van der Waals surface area contributed by atoms with Crippen molar-refractivity contribution in [2.45, 2.75) is 59.9 Å². The van der Waals surface area contributed by atoms with Crippen LogP contribution in [0.25, 0.3) is 34.1 Å². The van der Waals surface area contributed by atoms with Gasteiger partial charge in [0, 0.05) is 285 Å². The normalized spacial score (nSPS) is 10.2. The summed E-state index contributed by atoms with van der Waals surface area (Å²) in [5, 5.41) is 90.7. The van der Waals surface area contributed by atoms with Gasteiger partial charge in [-0.25, -0.2) is 100 Å². The molecule has 12 heterocycles. The van der Waals surface area contributed by atoms with Crippen molar-refractivity contribution in [3.8, 4) is 69.4 Å². The summed E-state index contributed by atoms with van der Waals surface area (Å²) < 4.78 is 63.1. The molecular formula is C81H68BrClFIN36O12Y6-6. The maximum atomic E-state index is 14.1. The molecule has 6 radical (unpaired) electrons. The topological polar surface area (TPSA) is 526 Å². The van der Waals surface area contributed by atoms with Gasteiger partial charge in [-0.05, 0) is 207 Å². The van der Waals surface area contributed by atoms with Crippen LogP contribution in [0.2, 0.25) is 5.02 Å². The van der Waals surface area contributed by atoms with E-state index in [9.17, 15) is 33.2 Å². The number of aryl methyl sites for hydroxylation is 8. The van der Waals surface area contributed by atoms with E-state index in [2.05, 4.69) is 199 Å². The number of rotatable bonds is 25. The van der Waals surface area contributed by atoms with Gasteiger partial charge in [0.15, 0.2) is 0 Å². The van der Waals surface area contributed by atoms with Crippen LogP contribution in [0, 0.1) is 52.7 Å². The summed E-state index contributed by atoms with van der Waals surface area (Å²) in [7, 11) is 9.16. The summed E-state index contributed by atoms with van der Waals surface area (Å²) >= 11 is 11.8. The first-order valence-corrected chi connectivity index (χ1v) is 40.9. The first-order valence-electron chi connectivity index (χ1n) is 38.7. The smallest absolute Gasteiger partial charge is 0.368 e. The molecule has 48 nitrogen and oxygen atoms in total. The molecule has 0 aliphatic rings. The second-order valence-electron chi connectivity index (χ2n) is 26.8. The fourth-order valence-electron chi connectivity index (χ4n) is 11.6. The van der Waals surface area contributed by atoms with E-state index in [-0.39, 0.29) is 281 Å². The molecule has 696 valence electrons. The van der Waals surface area contributed by atoms with Crippen LogP contribution in [0.5, 0.6) is 35.3 Å². The Labute approximate surface area is 963 Å². The van der Waals surface area contributed by atoms with Crippen LogP contribution >= 0.6 is 50.1 Å². The third-order valence-electron chi connectivity index (χ3n) is 18.2. The standard InChI is InChI=1S/C15H15N6O2.C14H13N6O2.C13H10BrN6O2.C13H10ClN6O2.C13H10FN6O2.C13H10IN6O2.6Y/c1-3-11-6-4-7-13(21-15(22)20(2)18-19-21)12(11)10-23-14-8-5-9-16-17-14;1-10-5-3-6-12(20-14(21)19(2)17-18-20)11(10)9-22-13-7-4-8-15-16-13;4*1-19-13(21)20(18-17-19)11-5-2-4-10(14)9(11)8-22-12-6-3-7-15-16-12;;;;;;/h4,6-9H,3,10H2,1-2H3;3,5-8H,9H2,1-2H3;4*2,4-7H,8H2,1H3;;;;;;/q6*-1;;;;;;. The molecule has 0 aliphatic carbocycles. The quantitative estimate of drug-likeness (QED) is 0.0579. The molecule has 0 bridgehead atoms. The number of nitrogens with zero attached hydrogens (tertiary/aromatic N) is 36. The van der Waals surface area contributed by atoms with E-state index < -0.39 is 11.5 Å². The molecule has 0 N–H and O–H groups in total. The second-order valence-corrected chi connectivity index (χ2v) is 29.2. The average Bonchev–Trinajstić information content (AvgIpc) is 1.74. The second kappa shape index (κ2) is 57.7. The van der Waals surface area contributed by atoms with Crippen LogP contribution < -0.4 is 62.6 Å². The van der Waals surface area contributed by atoms with Crippen LogP contribution in [0.1, 0.15) is 51.4 Å². The van der Waals surface area contributed by atoms with E-state index in [1.165, 1.54) is 109 Å². The third-order valence-corrected chi connectivity index (χ3v) is 20.4. The van der Waals surface area contributed by atoms with Crippen molar-refractivity contribution in [2.75, 3.05) is 0 Å². The van der Waals surface area contributed by atoms with Crippen molar-refractivity contribution in [2.24, 2.45) is 42.3 Å².